The Morgan fingerprint density at radius 2 is 1.63 bits per heavy atom. The maximum atomic E-state index is 12.6. The zero-order valence-electron chi connectivity index (χ0n) is 15.1. The van der Waals surface area contributed by atoms with E-state index in [1.165, 1.54) is 6.92 Å². The van der Waals surface area contributed by atoms with E-state index in [0.29, 0.717) is 0 Å². The SMILES string of the molecule is CC(=O)N(CCNC(=O)c1ccc(C(F)(F)F)cc1)C(C)c1ccccc1. The molecule has 0 aliphatic heterocycles. The first-order valence-corrected chi connectivity index (χ1v) is 8.47. The fraction of sp³-hybridized carbons (Fsp3) is 0.300. The molecule has 1 unspecified atom stereocenters. The first-order valence-electron chi connectivity index (χ1n) is 8.47. The quantitative estimate of drug-likeness (QED) is 0.825. The molecule has 0 saturated carbocycles. The van der Waals surface area contributed by atoms with Gasteiger partial charge in [0.1, 0.15) is 0 Å². The van der Waals surface area contributed by atoms with Gasteiger partial charge in [0.15, 0.2) is 0 Å². The van der Waals surface area contributed by atoms with Crippen molar-refractivity contribution >= 4 is 11.8 Å². The van der Waals surface area contributed by atoms with E-state index in [0.717, 1.165) is 29.8 Å². The molecule has 1 atom stereocenters. The lowest BCUT2D eigenvalue weighted by Crippen LogP contribution is -2.39. The molecule has 2 rings (SSSR count). The van der Waals surface area contributed by atoms with Gasteiger partial charge in [-0.15, -0.1) is 0 Å². The fourth-order valence-corrected chi connectivity index (χ4v) is 2.74. The molecule has 0 saturated heterocycles. The molecule has 0 bridgehead atoms. The third-order valence-electron chi connectivity index (χ3n) is 4.27. The van der Waals surface area contributed by atoms with Crippen molar-refractivity contribution in [1.82, 2.24) is 10.2 Å². The number of carbonyl (C=O) groups excluding carboxylic acids is 2. The summed E-state index contributed by atoms with van der Waals surface area (Å²) in [6, 6.07) is 13.3. The molecule has 2 aromatic carbocycles. The van der Waals surface area contributed by atoms with Crippen LogP contribution >= 0.6 is 0 Å². The van der Waals surface area contributed by atoms with Crippen molar-refractivity contribution in [3.8, 4) is 0 Å². The van der Waals surface area contributed by atoms with Crippen LogP contribution in [0.1, 0.15) is 41.4 Å². The van der Waals surface area contributed by atoms with Crippen molar-refractivity contribution < 1.29 is 22.8 Å². The maximum absolute atomic E-state index is 12.6. The number of benzene rings is 2. The van der Waals surface area contributed by atoms with Gasteiger partial charge in [0.2, 0.25) is 5.91 Å². The number of hydrogen-bond acceptors (Lipinski definition) is 2. The third-order valence-corrected chi connectivity index (χ3v) is 4.27. The average molecular weight is 378 g/mol. The Kier molecular flexibility index (Phi) is 6.60. The standard InChI is InChI=1S/C20H21F3N2O2/c1-14(16-6-4-3-5-7-16)25(15(2)26)13-12-24-19(27)17-8-10-18(11-9-17)20(21,22)23/h3-11,14H,12-13H2,1-2H3,(H,24,27). The fourth-order valence-electron chi connectivity index (χ4n) is 2.74. The van der Waals surface area contributed by atoms with Gasteiger partial charge >= 0.3 is 6.18 Å². The van der Waals surface area contributed by atoms with Crippen LogP contribution in [0.15, 0.2) is 54.6 Å². The van der Waals surface area contributed by atoms with Gasteiger partial charge in [-0.25, -0.2) is 0 Å². The molecule has 1 N–H and O–H groups in total. The lowest BCUT2D eigenvalue weighted by atomic mass is 10.1. The first-order chi connectivity index (χ1) is 12.7. The normalized spacial score (nSPS) is 12.3. The van der Waals surface area contributed by atoms with Gasteiger partial charge < -0.3 is 10.2 Å². The number of alkyl halides is 3. The molecule has 144 valence electrons. The summed E-state index contributed by atoms with van der Waals surface area (Å²) in [4.78, 5) is 25.7. The Bertz CT molecular complexity index is 774. The zero-order chi connectivity index (χ0) is 20.0. The van der Waals surface area contributed by atoms with E-state index in [4.69, 9.17) is 0 Å². The minimum Gasteiger partial charge on any atom is -0.350 e. The highest BCUT2D eigenvalue weighted by Gasteiger charge is 2.30. The van der Waals surface area contributed by atoms with Crippen molar-refractivity contribution in [2.45, 2.75) is 26.1 Å². The second kappa shape index (κ2) is 8.70. The topological polar surface area (TPSA) is 49.4 Å². The van der Waals surface area contributed by atoms with E-state index in [9.17, 15) is 22.8 Å². The van der Waals surface area contributed by atoms with Gasteiger partial charge in [0.05, 0.1) is 11.6 Å². The summed E-state index contributed by atoms with van der Waals surface area (Å²) in [5.74, 6) is -0.616. The van der Waals surface area contributed by atoms with Crippen molar-refractivity contribution in [2.75, 3.05) is 13.1 Å². The van der Waals surface area contributed by atoms with Crippen LogP contribution in [0.2, 0.25) is 0 Å². The second-order valence-corrected chi connectivity index (χ2v) is 6.13. The maximum Gasteiger partial charge on any atom is 0.416 e. The molecule has 4 nitrogen and oxygen atoms in total. The molecule has 27 heavy (non-hydrogen) atoms. The van der Waals surface area contributed by atoms with E-state index >= 15 is 0 Å². The molecule has 0 radical (unpaired) electrons. The van der Waals surface area contributed by atoms with E-state index in [-0.39, 0.29) is 30.6 Å². The molecule has 0 spiro atoms. The summed E-state index contributed by atoms with van der Waals surface area (Å²) in [6.07, 6.45) is -4.44. The van der Waals surface area contributed by atoms with Gasteiger partial charge in [-0.3, -0.25) is 9.59 Å². The number of nitrogens with one attached hydrogen (secondary N) is 1. The second-order valence-electron chi connectivity index (χ2n) is 6.13. The highest BCUT2D eigenvalue weighted by molar-refractivity contribution is 5.94. The number of hydrogen-bond donors (Lipinski definition) is 1. The van der Waals surface area contributed by atoms with Crippen molar-refractivity contribution in [3.63, 3.8) is 0 Å². The molecular formula is C20H21F3N2O2. The summed E-state index contributed by atoms with van der Waals surface area (Å²) in [6.45, 7) is 3.83. The summed E-state index contributed by atoms with van der Waals surface area (Å²) < 4.78 is 37.7. The van der Waals surface area contributed by atoms with Crippen molar-refractivity contribution in [1.29, 1.82) is 0 Å². The lowest BCUT2D eigenvalue weighted by molar-refractivity contribution is -0.137. The third kappa shape index (κ3) is 5.57. The minimum absolute atomic E-state index is 0.130. The van der Waals surface area contributed by atoms with Crippen molar-refractivity contribution in [2.24, 2.45) is 0 Å². The molecule has 2 amide bonds. The van der Waals surface area contributed by atoms with Crippen LogP contribution in [0.25, 0.3) is 0 Å². The Hall–Kier alpha value is -2.83. The summed E-state index contributed by atoms with van der Waals surface area (Å²) >= 11 is 0. The molecule has 7 heteroatoms. The van der Waals surface area contributed by atoms with Gasteiger partial charge in [-0.1, -0.05) is 30.3 Å². The van der Waals surface area contributed by atoms with E-state index in [1.807, 2.05) is 37.3 Å². The Labute approximate surface area is 156 Å². The monoisotopic (exact) mass is 378 g/mol. The number of halogens is 3. The highest BCUT2D eigenvalue weighted by atomic mass is 19.4. The smallest absolute Gasteiger partial charge is 0.350 e. The van der Waals surface area contributed by atoms with Crippen LogP contribution < -0.4 is 5.32 Å². The predicted octanol–water partition coefficient (Wildman–Crippen LogP) is 4.04. The van der Waals surface area contributed by atoms with Crippen molar-refractivity contribution in [3.05, 3.63) is 71.3 Å². The molecule has 0 aromatic heterocycles. The van der Waals surface area contributed by atoms with Crippen LogP contribution in [0.4, 0.5) is 13.2 Å². The Morgan fingerprint density at radius 3 is 2.15 bits per heavy atom. The Morgan fingerprint density at radius 1 is 1.04 bits per heavy atom. The van der Waals surface area contributed by atoms with Crippen LogP contribution in [0, 0.1) is 0 Å². The number of amides is 2. The van der Waals surface area contributed by atoms with Crippen LogP contribution in [0.5, 0.6) is 0 Å². The first kappa shape index (κ1) is 20.5. The zero-order valence-corrected chi connectivity index (χ0v) is 15.1. The van der Waals surface area contributed by atoms with Crippen LogP contribution in [-0.2, 0) is 11.0 Å². The number of nitrogens with zero attached hydrogens (tertiary/aromatic N) is 1. The van der Waals surface area contributed by atoms with E-state index in [2.05, 4.69) is 5.32 Å². The Balaban J connectivity index is 1.94. The van der Waals surface area contributed by atoms with E-state index in [1.54, 1.807) is 4.90 Å². The van der Waals surface area contributed by atoms with E-state index < -0.39 is 17.6 Å². The summed E-state index contributed by atoms with van der Waals surface area (Å²) in [5.41, 5.74) is 0.300. The number of rotatable bonds is 6. The summed E-state index contributed by atoms with van der Waals surface area (Å²) in [7, 11) is 0. The molecule has 0 aliphatic rings. The molecular weight excluding hydrogens is 357 g/mol. The van der Waals surface area contributed by atoms with Crippen LogP contribution in [-0.4, -0.2) is 29.8 Å². The summed E-state index contributed by atoms with van der Waals surface area (Å²) in [5, 5.41) is 2.63. The minimum atomic E-state index is -4.44. The number of carbonyl (C=O) groups is 2. The molecule has 0 aliphatic carbocycles. The van der Waals surface area contributed by atoms with Crippen LogP contribution in [0.3, 0.4) is 0 Å². The molecule has 2 aromatic rings. The van der Waals surface area contributed by atoms with Gasteiger partial charge in [0.25, 0.3) is 5.91 Å². The lowest BCUT2D eigenvalue weighted by Gasteiger charge is -2.28. The highest BCUT2D eigenvalue weighted by Crippen LogP contribution is 2.29. The van der Waals surface area contributed by atoms with Gasteiger partial charge in [0, 0.05) is 25.6 Å². The van der Waals surface area contributed by atoms with Gasteiger partial charge in [-0.05, 0) is 36.8 Å². The largest absolute Gasteiger partial charge is 0.416 e. The predicted molar refractivity (Wildman–Crippen MR) is 96.0 cm³/mol. The average Bonchev–Trinajstić information content (AvgIpc) is 2.64. The molecule has 0 fully saturated rings. The van der Waals surface area contributed by atoms with Gasteiger partial charge in [-0.2, -0.15) is 13.2 Å². The molecule has 0 heterocycles.